The highest BCUT2D eigenvalue weighted by atomic mass is 32.2. The Morgan fingerprint density at radius 1 is 1.12 bits per heavy atom. The van der Waals surface area contributed by atoms with Crippen LogP contribution in [0.2, 0.25) is 0 Å². The van der Waals surface area contributed by atoms with Gasteiger partial charge in [0.25, 0.3) is 0 Å². The van der Waals surface area contributed by atoms with E-state index in [1.54, 1.807) is 11.3 Å². The third-order valence-electron chi connectivity index (χ3n) is 3.74. The lowest BCUT2D eigenvalue weighted by molar-refractivity contribution is -0.119. The molecule has 3 aromatic rings. The third kappa shape index (κ3) is 5.44. The van der Waals surface area contributed by atoms with E-state index in [1.807, 2.05) is 48.7 Å². The maximum Gasteiger partial charge on any atom is 0.230 e. The lowest BCUT2D eigenvalue weighted by Crippen LogP contribution is -2.31. The number of amides is 1. The highest BCUT2D eigenvalue weighted by molar-refractivity contribution is 8.01. The molecular weight excluding hydrogens is 348 g/mol. The van der Waals surface area contributed by atoms with E-state index in [0.717, 1.165) is 22.0 Å². The Kier molecular flexibility index (Phi) is 6.25. The Labute approximate surface area is 156 Å². The highest BCUT2D eigenvalue weighted by Gasteiger charge is 2.15. The number of benzene rings is 2. The first-order chi connectivity index (χ1) is 12.2. The van der Waals surface area contributed by atoms with Crippen molar-refractivity contribution in [3.05, 3.63) is 82.9 Å². The molecule has 0 bridgehead atoms. The smallest absolute Gasteiger partial charge is 0.230 e. The number of aromatic nitrogens is 1. The van der Waals surface area contributed by atoms with Crippen LogP contribution in [0.25, 0.3) is 0 Å². The van der Waals surface area contributed by atoms with E-state index < -0.39 is 0 Å². The van der Waals surface area contributed by atoms with E-state index in [4.69, 9.17) is 0 Å². The normalized spacial score (nSPS) is 11.9. The van der Waals surface area contributed by atoms with E-state index in [9.17, 15) is 4.79 Å². The van der Waals surface area contributed by atoms with Gasteiger partial charge in [-0.25, -0.2) is 4.98 Å². The van der Waals surface area contributed by atoms with Gasteiger partial charge in [-0.05, 0) is 24.5 Å². The summed E-state index contributed by atoms with van der Waals surface area (Å²) in [6.45, 7) is 1.96. The van der Waals surface area contributed by atoms with Crippen LogP contribution in [-0.2, 0) is 11.2 Å². The van der Waals surface area contributed by atoms with Crippen LogP contribution in [0, 0.1) is 6.92 Å². The molecular formula is C20H20N2OS2. The molecule has 1 heterocycles. The average molecular weight is 369 g/mol. The van der Waals surface area contributed by atoms with E-state index in [0.29, 0.717) is 5.75 Å². The minimum Gasteiger partial charge on any atom is -0.348 e. The predicted octanol–water partition coefficient (Wildman–Crippen LogP) is 4.64. The number of hydrogen-bond acceptors (Lipinski definition) is 4. The first-order valence-electron chi connectivity index (χ1n) is 8.14. The number of rotatable bonds is 7. The maximum atomic E-state index is 12.4. The standard InChI is InChI=1S/C20H20N2OS2/c1-15-13-24-20(21-15)25-14-19(23)22-18(17-10-6-3-7-11-17)12-16-8-4-2-5-9-16/h2-11,13,18H,12,14H2,1H3,(H,22,23). The van der Waals surface area contributed by atoms with Crippen molar-refractivity contribution in [2.45, 2.75) is 23.7 Å². The van der Waals surface area contributed by atoms with Crippen molar-refractivity contribution >= 4 is 29.0 Å². The van der Waals surface area contributed by atoms with Crippen LogP contribution < -0.4 is 5.32 Å². The fourth-order valence-corrected chi connectivity index (χ4v) is 4.21. The second-order valence-electron chi connectivity index (χ2n) is 5.76. The summed E-state index contributed by atoms with van der Waals surface area (Å²) >= 11 is 3.07. The molecule has 128 valence electrons. The van der Waals surface area contributed by atoms with E-state index >= 15 is 0 Å². The van der Waals surface area contributed by atoms with Gasteiger partial charge in [0.2, 0.25) is 5.91 Å². The second-order valence-corrected chi connectivity index (χ2v) is 7.84. The molecule has 0 radical (unpaired) electrons. The molecule has 0 aliphatic heterocycles. The van der Waals surface area contributed by atoms with E-state index in [2.05, 4.69) is 34.6 Å². The minimum atomic E-state index is -0.0327. The Hall–Kier alpha value is -2.11. The zero-order valence-corrected chi connectivity index (χ0v) is 15.6. The summed E-state index contributed by atoms with van der Waals surface area (Å²) in [5.74, 6) is 0.410. The summed E-state index contributed by atoms with van der Waals surface area (Å²) in [5.41, 5.74) is 3.33. The van der Waals surface area contributed by atoms with Crippen LogP contribution in [0.3, 0.4) is 0 Å². The number of nitrogens with zero attached hydrogens (tertiary/aromatic N) is 1. The molecule has 0 aliphatic rings. The number of carbonyl (C=O) groups is 1. The molecule has 3 nitrogen and oxygen atoms in total. The Morgan fingerprint density at radius 2 is 1.80 bits per heavy atom. The molecule has 0 aliphatic carbocycles. The first-order valence-corrected chi connectivity index (χ1v) is 10.0. The summed E-state index contributed by atoms with van der Waals surface area (Å²) in [5, 5.41) is 5.18. The molecule has 0 saturated heterocycles. The fraction of sp³-hybridized carbons (Fsp3) is 0.200. The van der Waals surface area contributed by atoms with Crippen molar-refractivity contribution in [3.63, 3.8) is 0 Å². The van der Waals surface area contributed by atoms with Crippen LogP contribution in [0.15, 0.2) is 70.4 Å². The summed E-state index contributed by atoms with van der Waals surface area (Å²) < 4.78 is 0.937. The monoisotopic (exact) mass is 368 g/mol. The Balaban J connectivity index is 1.65. The third-order valence-corrected chi connectivity index (χ3v) is 5.88. The van der Waals surface area contributed by atoms with Crippen LogP contribution in [0.5, 0.6) is 0 Å². The van der Waals surface area contributed by atoms with Gasteiger partial charge in [-0.15, -0.1) is 11.3 Å². The van der Waals surface area contributed by atoms with Crippen molar-refractivity contribution in [3.8, 4) is 0 Å². The molecule has 2 aromatic carbocycles. The van der Waals surface area contributed by atoms with Crippen molar-refractivity contribution < 1.29 is 4.79 Å². The molecule has 0 saturated carbocycles. The van der Waals surface area contributed by atoms with Gasteiger partial charge in [-0.2, -0.15) is 0 Å². The zero-order valence-electron chi connectivity index (χ0n) is 14.0. The summed E-state index contributed by atoms with van der Waals surface area (Å²) in [6, 6.07) is 20.3. The van der Waals surface area contributed by atoms with Gasteiger partial charge in [0, 0.05) is 11.1 Å². The van der Waals surface area contributed by atoms with Crippen molar-refractivity contribution in [2.24, 2.45) is 0 Å². The molecule has 0 spiro atoms. The topological polar surface area (TPSA) is 42.0 Å². The van der Waals surface area contributed by atoms with Crippen molar-refractivity contribution in [2.75, 3.05) is 5.75 Å². The lowest BCUT2D eigenvalue weighted by atomic mass is 9.99. The predicted molar refractivity (Wildman–Crippen MR) is 105 cm³/mol. The van der Waals surface area contributed by atoms with Gasteiger partial charge in [0.1, 0.15) is 0 Å². The van der Waals surface area contributed by atoms with E-state index in [1.165, 1.54) is 17.3 Å². The molecule has 5 heteroatoms. The molecule has 1 unspecified atom stereocenters. The van der Waals surface area contributed by atoms with Crippen molar-refractivity contribution in [1.82, 2.24) is 10.3 Å². The molecule has 1 N–H and O–H groups in total. The Bertz CT molecular complexity index is 803. The number of hydrogen-bond donors (Lipinski definition) is 1. The minimum absolute atomic E-state index is 0.0302. The van der Waals surface area contributed by atoms with E-state index in [-0.39, 0.29) is 11.9 Å². The average Bonchev–Trinajstić information content (AvgIpc) is 3.06. The summed E-state index contributed by atoms with van der Waals surface area (Å²) in [7, 11) is 0. The number of thiazole rings is 1. The summed E-state index contributed by atoms with van der Waals surface area (Å²) in [6.07, 6.45) is 0.775. The zero-order chi connectivity index (χ0) is 17.5. The van der Waals surface area contributed by atoms with Gasteiger partial charge in [-0.3, -0.25) is 4.79 Å². The number of nitrogens with one attached hydrogen (secondary N) is 1. The highest BCUT2D eigenvalue weighted by Crippen LogP contribution is 2.23. The van der Waals surface area contributed by atoms with Gasteiger partial charge in [-0.1, -0.05) is 72.4 Å². The van der Waals surface area contributed by atoms with Crippen LogP contribution >= 0.6 is 23.1 Å². The second kappa shape index (κ2) is 8.83. The van der Waals surface area contributed by atoms with Gasteiger partial charge in [0.15, 0.2) is 4.34 Å². The molecule has 0 fully saturated rings. The molecule has 1 amide bonds. The maximum absolute atomic E-state index is 12.4. The SMILES string of the molecule is Cc1csc(SCC(=O)NC(Cc2ccccc2)c2ccccc2)n1. The quantitative estimate of drug-likeness (QED) is 0.618. The van der Waals surface area contributed by atoms with Crippen LogP contribution in [-0.4, -0.2) is 16.6 Å². The lowest BCUT2D eigenvalue weighted by Gasteiger charge is -2.19. The van der Waals surface area contributed by atoms with Crippen LogP contribution in [0.4, 0.5) is 0 Å². The molecule has 1 atom stereocenters. The molecule has 25 heavy (non-hydrogen) atoms. The Morgan fingerprint density at radius 3 is 2.44 bits per heavy atom. The van der Waals surface area contributed by atoms with Crippen LogP contribution in [0.1, 0.15) is 22.9 Å². The molecule has 3 rings (SSSR count). The first kappa shape index (κ1) is 17.7. The van der Waals surface area contributed by atoms with Gasteiger partial charge >= 0.3 is 0 Å². The number of carbonyl (C=O) groups excluding carboxylic acids is 1. The number of thioether (sulfide) groups is 1. The molecule has 1 aromatic heterocycles. The van der Waals surface area contributed by atoms with Gasteiger partial charge < -0.3 is 5.32 Å². The number of aryl methyl sites for hydroxylation is 1. The van der Waals surface area contributed by atoms with Crippen molar-refractivity contribution in [1.29, 1.82) is 0 Å². The largest absolute Gasteiger partial charge is 0.348 e. The fourth-order valence-electron chi connectivity index (χ4n) is 2.55. The summed E-state index contributed by atoms with van der Waals surface area (Å²) in [4.78, 5) is 16.8. The van der Waals surface area contributed by atoms with Gasteiger partial charge in [0.05, 0.1) is 11.8 Å².